The molecule has 14 heavy (non-hydrogen) atoms. The third-order valence-electron chi connectivity index (χ3n) is 3.80. The van der Waals surface area contributed by atoms with Crippen molar-refractivity contribution in [3.05, 3.63) is 11.1 Å². The van der Waals surface area contributed by atoms with E-state index in [2.05, 4.69) is 13.8 Å². The summed E-state index contributed by atoms with van der Waals surface area (Å²) in [5.74, 6) is 0. The Kier molecular flexibility index (Phi) is 2.54. The number of rotatable bonds is 0. The van der Waals surface area contributed by atoms with E-state index in [9.17, 15) is 4.57 Å². The molecular formula is C11H21O2P. The van der Waals surface area contributed by atoms with Crippen molar-refractivity contribution < 1.29 is 9.09 Å². The van der Waals surface area contributed by atoms with Crippen molar-refractivity contribution >= 4 is 7.37 Å². The molecular weight excluding hydrogens is 195 g/mol. The van der Waals surface area contributed by atoms with Gasteiger partial charge in [0.25, 0.3) is 0 Å². The van der Waals surface area contributed by atoms with Crippen molar-refractivity contribution in [1.82, 2.24) is 0 Å². The lowest BCUT2D eigenvalue weighted by Crippen LogP contribution is -2.38. The number of hydrogen-bond donors (Lipinski definition) is 0. The van der Waals surface area contributed by atoms with Crippen LogP contribution in [0.15, 0.2) is 11.1 Å². The predicted octanol–water partition coefficient (Wildman–Crippen LogP) is 3.82. The summed E-state index contributed by atoms with van der Waals surface area (Å²) in [6.45, 7) is 13.8. The zero-order valence-corrected chi connectivity index (χ0v) is 11.2. The number of hydrogen-bond acceptors (Lipinski definition) is 2. The van der Waals surface area contributed by atoms with Crippen LogP contribution in [0.2, 0.25) is 0 Å². The zero-order chi connectivity index (χ0) is 11.4. The Morgan fingerprint density at radius 3 is 1.93 bits per heavy atom. The minimum Gasteiger partial charge on any atom is -0.317 e. The van der Waals surface area contributed by atoms with Gasteiger partial charge in [-0.15, -0.1) is 0 Å². The fraction of sp³-hybridized carbons (Fsp3) is 0.818. The van der Waals surface area contributed by atoms with E-state index in [0.29, 0.717) is 0 Å². The van der Waals surface area contributed by atoms with Crippen LogP contribution >= 0.6 is 7.37 Å². The molecule has 0 fully saturated rings. The molecule has 0 bridgehead atoms. The van der Waals surface area contributed by atoms with E-state index in [0.717, 1.165) is 0 Å². The van der Waals surface area contributed by atoms with Gasteiger partial charge in [0.1, 0.15) is 0 Å². The third kappa shape index (κ3) is 1.49. The first-order chi connectivity index (χ1) is 6.02. The van der Waals surface area contributed by atoms with Gasteiger partial charge in [-0.2, -0.15) is 0 Å². The van der Waals surface area contributed by atoms with Crippen molar-refractivity contribution in [1.29, 1.82) is 0 Å². The second-order valence-corrected chi connectivity index (χ2v) is 8.25. The fourth-order valence-corrected chi connectivity index (χ4v) is 3.85. The van der Waals surface area contributed by atoms with Gasteiger partial charge in [0.2, 0.25) is 7.37 Å². The monoisotopic (exact) mass is 216 g/mol. The van der Waals surface area contributed by atoms with Crippen LogP contribution in [0.25, 0.3) is 0 Å². The first-order valence-corrected chi connectivity index (χ1v) is 7.06. The van der Waals surface area contributed by atoms with Gasteiger partial charge < -0.3 is 4.52 Å². The predicted molar refractivity (Wildman–Crippen MR) is 61.1 cm³/mol. The molecule has 1 unspecified atom stereocenters. The van der Waals surface area contributed by atoms with E-state index in [1.165, 1.54) is 11.1 Å². The summed E-state index contributed by atoms with van der Waals surface area (Å²) in [7, 11) is -2.56. The van der Waals surface area contributed by atoms with Crippen LogP contribution in [0.4, 0.5) is 0 Å². The largest absolute Gasteiger partial charge is 0.317 e. The Morgan fingerprint density at radius 2 is 1.50 bits per heavy atom. The average molecular weight is 216 g/mol. The van der Waals surface area contributed by atoms with Gasteiger partial charge in [-0.1, -0.05) is 5.57 Å². The van der Waals surface area contributed by atoms with Crippen LogP contribution in [-0.4, -0.2) is 17.4 Å². The lowest BCUT2D eigenvalue weighted by molar-refractivity contribution is 0.137. The molecule has 0 aromatic rings. The molecule has 0 spiro atoms. The highest BCUT2D eigenvalue weighted by Crippen LogP contribution is 2.65. The summed E-state index contributed by atoms with van der Waals surface area (Å²) >= 11 is 0. The minimum atomic E-state index is -2.56. The van der Waals surface area contributed by atoms with E-state index in [-0.39, 0.29) is 10.8 Å². The van der Waals surface area contributed by atoms with E-state index in [1.807, 2.05) is 27.7 Å². The third-order valence-corrected chi connectivity index (χ3v) is 6.97. The molecule has 1 heterocycles. The maximum atomic E-state index is 12.4. The molecule has 1 atom stereocenters. The quantitative estimate of drug-likeness (QED) is 0.454. The normalized spacial score (nSPS) is 35.9. The van der Waals surface area contributed by atoms with Crippen LogP contribution in [0, 0.1) is 0 Å². The Morgan fingerprint density at radius 1 is 1.07 bits per heavy atom. The average Bonchev–Trinajstić information content (AvgIpc) is 1.97. The molecule has 0 N–H and O–H groups in total. The van der Waals surface area contributed by atoms with Crippen molar-refractivity contribution in [3.8, 4) is 0 Å². The molecule has 82 valence electrons. The molecule has 1 aliphatic rings. The molecule has 0 saturated carbocycles. The standard InChI is InChI=1S/C11H21O2P/c1-8-9(2)11(5,6)14(7,12)13-10(8,3)4/h1-7H3. The van der Waals surface area contributed by atoms with Crippen LogP contribution in [0.5, 0.6) is 0 Å². The molecule has 1 rings (SSSR count). The SMILES string of the molecule is CC1=C(C)C(C)(C)P(C)(=O)OC1(C)C. The Labute approximate surface area is 87.2 Å². The lowest BCUT2D eigenvalue weighted by atomic mass is 9.89. The Hall–Kier alpha value is -0.0700. The summed E-state index contributed by atoms with van der Waals surface area (Å²) < 4.78 is 18.2. The summed E-state index contributed by atoms with van der Waals surface area (Å²) in [6, 6.07) is 0. The number of allylic oxidation sites excluding steroid dienone is 1. The lowest BCUT2D eigenvalue weighted by Gasteiger charge is -2.45. The maximum absolute atomic E-state index is 12.4. The molecule has 1 aliphatic heterocycles. The van der Waals surface area contributed by atoms with Gasteiger partial charge in [0, 0.05) is 6.66 Å². The van der Waals surface area contributed by atoms with Crippen molar-refractivity contribution in [2.24, 2.45) is 0 Å². The van der Waals surface area contributed by atoms with Crippen LogP contribution in [0.1, 0.15) is 41.5 Å². The minimum absolute atomic E-state index is 0.327. The summed E-state index contributed by atoms with van der Waals surface area (Å²) in [5, 5.41) is -0.327. The molecule has 0 aromatic heterocycles. The molecule has 0 radical (unpaired) electrons. The van der Waals surface area contributed by atoms with Crippen LogP contribution in [0.3, 0.4) is 0 Å². The van der Waals surface area contributed by atoms with Crippen molar-refractivity contribution in [2.75, 3.05) is 6.66 Å². The topological polar surface area (TPSA) is 26.3 Å². The highest BCUT2D eigenvalue weighted by Gasteiger charge is 2.48. The molecule has 0 aromatic carbocycles. The van der Waals surface area contributed by atoms with Crippen LogP contribution in [-0.2, 0) is 9.09 Å². The first-order valence-electron chi connectivity index (χ1n) is 4.99. The molecule has 2 nitrogen and oxygen atoms in total. The summed E-state index contributed by atoms with van der Waals surface area (Å²) in [4.78, 5) is 0. The second-order valence-electron chi connectivity index (χ2n) is 5.26. The highest BCUT2D eigenvalue weighted by molar-refractivity contribution is 7.60. The zero-order valence-electron chi connectivity index (χ0n) is 10.3. The van der Waals surface area contributed by atoms with Crippen molar-refractivity contribution in [3.63, 3.8) is 0 Å². The van der Waals surface area contributed by atoms with Gasteiger partial charge in [-0.05, 0) is 47.1 Å². The molecule has 0 aliphatic carbocycles. The van der Waals surface area contributed by atoms with Gasteiger partial charge in [-0.25, -0.2) is 0 Å². The van der Waals surface area contributed by atoms with E-state index in [1.54, 1.807) is 6.66 Å². The Balaban J connectivity index is 3.42. The Bertz CT molecular complexity index is 337. The van der Waals surface area contributed by atoms with Crippen LogP contribution < -0.4 is 0 Å². The van der Waals surface area contributed by atoms with Gasteiger partial charge >= 0.3 is 0 Å². The van der Waals surface area contributed by atoms with Gasteiger partial charge in [0.05, 0.1) is 10.8 Å². The first kappa shape index (κ1) is 12.0. The van der Waals surface area contributed by atoms with E-state index >= 15 is 0 Å². The maximum Gasteiger partial charge on any atom is 0.210 e. The second kappa shape index (κ2) is 2.96. The fourth-order valence-electron chi connectivity index (χ4n) is 1.83. The van der Waals surface area contributed by atoms with Gasteiger partial charge in [-0.3, -0.25) is 4.57 Å². The van der Waals surface area contributed by atoms with Crippen molar-refractivity contribution in [2.45, 2.75) is 52.3 Å². The van der Waals surface area contributed by atoms with E-state index < -0.39 is 7.37 Å². The smallest absolute Gasteiger partial charge is 0.210 e. The highest BCUT2D eigenvalue weighted by atomic mass is 31.2. The molecule has 3 heteroatoms. The summed E-state index contributed by atoms with van der Waals surface area (Å²) in [5.41, 5.74) is 2.03. The molecule has 0 amide bonds. The molecule has 0 saturated heterocycles. The van der Waals surface area contributed by atoms with E-state index in [4.69, 9.17) is 4.52 Å². The summed E-state index contributed by atoms with van der Waals surface area (Å²) in [6.07, 6.45) is 0. The van der Waals surface area contributed by atoms with Gasteiger partial charge in [0.15, 0.2) is 0 Å².